The Balaban J connectivity index is 2.95. The molecule has 0 radical (unpaired) electrons. The summed E-state index contributed by atoms with van der Waals surface area (Å²) in [4.78, 5) is 0. The van der Waals surface area contributed by atoms with Crippen molar-refractivity contribution < 1.29 is 9.84 Å². The minimum Gasteiger partial charge on any atom is -0.490 e. The Morgan fingerprint density at radius 2 is 2.00 bits per heavy atom. The Bertz CT molecular complexity index is 318. The van der Waals surface area contributed by atoms with E-state index in [1.165, 1.54) is 0 Å². The van der Waals surface area contributed by atoms with Crippen LogP contribution in [-0.4, -0.2) is 11.2 Å². The summed E-state index contributed by atoms with van der Waals surface area (Å²) in [7, 11) is 0. The molecule has 2 unspecified atom stereocenters. The standard InChI is InChI=1S/C13H20O2/c1-5-10(3)15-13-7-6-9(2)8-12(13)11(4)14/h6-8,10-11,14H,5H2,1-4H3. The summed E-state index contributed by atoms with van der Waals surface area (Å²) in [6.07, 6.45) is 0.668. The van der Waals surface area contributed by atoms with Crippen molar-refractivity contribution in [3.05, 3.63) is 29.3 Å². The molecule has 0 saturated carbocycles. The van der Waals surface area contributed by atoms with E-state index in [0.29, 0.717) is 0 Å². The van der Waals surface area contributed by atoms with Crippen molar-refractivity contribution in [1.29, 1.82) is 0 Å². The number of aryl methyl sites for hydroxylation is 1. The summed E-state index contributed by atoms with van der Waals surface area (Å²) in [6.45, 7) is 7.89. The Kier molecular flexibility index (Phi) is 4.15. The molecule has 2 nitrogen and oxygen atoms in total. The lowest BCUT2D eigenvalue weighted by atomic mass is 10.1. The van der Waals surface area contributed by atoms with Gasteiger partial charge in [-0.15, -0.1) is 0 Å². The molecule has 0 aliphatic rings. The largest absolute Gasteiger partial charge is 0.490 e. The third-order valence-electron chi connectivity index (χ3n) is 2.52. The van der Waals surface area contributed by atoms with Gasteiger partial charge in [0.15, 0.2) is 0 Å². The molecule has 0 aliphatic heterocycles. The fourth-order valence-corrected chi connectivity index (χ4v) is 1.40. The molecule has 0 aromatic heterocycles. The van der Waals surface area contributed by atoms with Gasteiger partial charge < -0.3 is 9.84 Å². The highest BCUT2D eigenvalue weighted by Crippen LogP contribution is 2.27. The van der Waals surface area contributed by atoms with E-state index < -0.39 is 6.10 Å². The van der Waals surface area contributed by atoms with Gasteiger partial charge in [-0.05, 0) is 39.3 Å². The molecule has 1 aromatic carbocycles. The molecule has 0 fully saturated rings. The molecule has 1 aromatic rings. The molecular weight excluding hydrogens is 188 g/mol. The van der Waals surface area contributed by atoms with Crippen LogP contribution in [0.25, 0.3) is 0 Å². The highest BCUT2D eigenvalue weighted by molar-refractivity contribution is 5.38. The minimum atomic E-state index is -0.482. The first-order chi connectivity index (χ1) is 7.04. The minimum absolute atomic E-state index is 0.185. The smallest absolute Gasteiger partial charge is 0.125 e. The lowest BCUT2D eigenvalue weighted by molar-refractivity contribution is 0.176. The Morgan fingerprint density at radius 1 is 1.33 bits per heavy atom. The SMILES string of the molecule is CCC(C)Oc1ccc(C)cc1C(C)O. The zero-order valence-electron chi connectivity index (χ0n) is 9.95. The number of aliphatic hydroxyl groups excluding tert-OH is 1. The van der Waals surface area contributed by atoms with Gasteiger partial charge in [0.25, 0.3) is 0 Å². The van der Waals surface area contributed by atoms with Crippen molar-refractivity contribution in [2.24, 2.45) is 0 Å². The van der Waals surface area contributed by atoms with Crippen LogP contribution < -0.4 is 4.74 Å². The van der Waals surface area contributed by atoms with Crippen molar-refractivity contribution >= 4 is 0 Å². The fourth-order valence-electron chi connectivity index (χ4n) is 1.40. The van der Waals surface area contributed by atoms with E-state index in [0.717, 1.165) is 23.3 Å². The van der Waals surface area contributed by atoms with Gasteiger partial charge in [0, 0.05) is 5.56 Å². The summed E-state index contributed by atoms with van der Waals surface area (Å²) < 4.78 is 5.75. The Morgan fingerprint density at radius 3 is 2.53 bits per heavy atom. The molecule has 0 amide bonds. The van der Waals surface area contributed by atoms with Gasteiger partial charge in [-0.25, -0.2) is 0 Å². The van der Waals surface area contributed by atoms with Gasteiger partial charge >= 0.3 is 0 Å². The van der Waals surface area contributed by atoms with Crippen LogP contribution in [0.2, 0.25) is 0 Å². The van der Waals surface area contributed by atoms with Gasteiger partial charge in [0.1, 0.15) is 5.75 Å². The number of benzene rings is 1. The first kappa shape index (κ1) is 12.1. The quantitative estimate of drug-likeness (QED) is 0.823. The lowest BCUT2D eigenvalue weighted by Gasteiger charge is -2.18. The van der Waals surface area contributed by atoms with E-state index in [-0.39, 0.29) is 6.10 Å². The summed E-state index contributed by atoms with van der Waals surface area (Å²) >= 11 is 0. The maximum atomic E-state index is 9.63. The van der Waals surface area contributed by atoms with Gasteiger partial charge in [-0.1, -0.05) is 18.6 Å². The summed E-state index contributed by atoms with van der Waals surface area (Å²) in [5, 5.41) is 9.63. The zero-order chi connectivity index (χ0) is 11.4. The molecule has 2 heteroatoms. The molecule has 1 rings (SSSR count). The van der Waals surface area contributed by atoms with E-state index in [1.54, 1.807) is 6.92 Å². The average Bonchev–Trinajstić information content (AvgIpc) is 2.20. The molecule has 0 bridgehead atoms. The van der Waals surface area contributed by atoms with Gasteiger partial charge in [-0.2, -0.15) is 0 Å². The van der Waals surface area contributed by atoms with Crippen LogP contribution in [0.4, 0.5) is 0 Å². The highest BCUT2D eigenvalue weighted by Gasteiger charge is 2.11. The van der Waals surface area contributed by atoms with Crippen molar-refractivity contribution in [2.45, 2.75) is 46.3 Å². The Labute approximate surface area is 91.9 Å². The van der Waals surface area contributed by atoms with Crippen LogP contribution in [0.15, 0.2) is 18.2 Å². The van der Waals surface area contributed by atoms with Crippen molar-refractivity contribution in [1.82, 2.24) is 0 Å². The fraction of sp³-hybridized carbons (Fsp3) is 0.538. The van der Waals surface area contributed by atoms with Crippen molar-refractivity contribution in [2.75, 3.05) is 0 Å². The van der Waals surface area contributed by atoms with E-state index in [9.17, 15) is 5.11 Å². The Hall–Kier alpha value is -1.02. The van der Waals surface area contributed by atoms with Gasteiger partial charge in [0.05, 0.1) is 12.2 Å². The molecule has 15 heavy (non-hydrogen) atoms. The molecule has 0 heterocycles. The third kappa shape index (κ3) is 3.24. The van der Waals surface area contributed by atoms with E-state index >= 15 is 0 Å². The van der Waals surface area contributed by atoms with Crippen LogP contribution in [0.1, 0.15) is 44.4 Å². The third-order valence-corrected chi connectivity index (χ3v) is 2.52. The highest BCUT2D eigenvalue weighted by atomic mass is 16.5. The van der Waals surface area contributed by atoms with Crippen LogP contribution in [0, 0.1) is 6.92 Å². The summed E-state index contributed by atoms with van der Waals surface area (Å²) in [5.74, 6) is 0.796. The van der Waals surface area contributed by atoms with E-state index in [4.69, 9.17) is 4.74 Å². The molecule has 84 valence electrons. The molecule has 0 aliphatic carbocycles. The average molecular weight is 208 g/mol. The number of aliphatic hydroxyl groups is 1. The number of hydrogen-bond donors (Lipinski definition) is 1. The zero-order valence-corrected chi connectivity index (χ0v) is 9.95. The second kappa shape index (κ2) is 5.17. The van der Waals surface area contributed by atoms with Crippen LogP contribution in [0.5, 0.6) is 5.75 Å². The van der Waals surface area contributed by atoms with Crippen molar-refractivity contribution in [3.63, 3.8) is 0 Å². The molecule has 0 spiro atoms. The van der Waals surface area contributed by atoms with E-state index in [1.807, 2.05) is 32.0 Å². The maximum absolute atomic E-state index is 9.63. The van der Waals surface area contributed by atoms with E-state index in [2.05, 4.69) is 6.92 Å². The van der Waals surface area contributed by atoms with Crippen LogP contribution >= 0.6 is 0 Å². The first-order valence-electron chi connectivity index (χ1n) is 5.49. The summed E-state index contributed by atoms with van der Waals surface area (Å²) in [6, 6.07) is 5.91. The second-order valence-electron chi connectivity index (χ2n) is 4.05. The number of rotatable bonds is 4. The maximum Gasteiger partial charge on any atom is 0.125 e. The van der Waals surface area contributed by atoms with Crippen LogP contribution in [-0.2, 0) is 0 Å². The molecule has 1 N–H and O–H groups in total. The first-order valence-corrected chi connectivity index (χ1v) is 5.49. The molecule has 2 atom stereocenters. The van der Waals surface area contributed by atoms with Gasteiger partial charge in [-0.3, -0.25) is 0 Å². The predicted molar refractivity (Wildman–Crippen MR) is 62.2 cm³/mol. The number of ether oxygens (including phenoxy) is 1. The monoisotopic (exact) mass is 208 g/mol. The topological polar surface area (TPSA) is 29.5 Å². The molecular formula is C13H20O2. The van der Waals surface area contributed by atoms with Crippen molar-refractivity contribution in [3.8, 4) is 5.75 Å². The van der Waals surface area contributed by atoms with Crippen LogP contribution in [0.3, 0.4) is 0 Å². The second-order valence-corrected chi connectivity index (χ2v) is 4.05. The summed E-state index contributed by atoms with van der Waals surface area (Å²) in [5.41, 5.74) is 2.01. The normalized spacial score (nSPS) is 14.7. The predicted octanol–water partition coefficient (Wildman–Crippen LogP) is 3.23. The number of hydrogen-bond acceptors (Lipinski definition) is 2. The lowest BCUT2D eigenvalue weighted by Crippen LogP contribution is -2.11. The van der Waals surface area contributed by atoms with Gasteiger partial charge in [0.2, 0.25) is 0 Å². The molecule has 0 saturated heterocycles.